The fourth-order valence-corrected chi connectivity index (χ4v) is 6.31. The van der Waals surface area contributed by atoms with Gasteiger partial charge in [0.05, 0.1) is 36.3 Å². The molecule has 1 saturated heterocycles. The Morgan fingerprint density at radius 3 is 2.57 bits per heavy atom. The summed E-state index contributed by atoms with van der Waals surface area (Å²) in [6.07, 6.45) is 2.74. The van der Waals surface area contributed by atoms with Crippen LogP contribution in [-0.4, -0.2) is 41.4 Å². The smallest absolute Gasteiger partial charge is 0.250 e. The van der Waals surface area contributed by atoms with Crippen LogP contribution in [0.1, 0.15) is 52.8 Å². The third-order valence-electron chi connectivity index (χ3n) is 7.82. The predicted molar refractivity (Wildman–Crippen MR) is 171 cm³/mol. The topological polar surface area (TPSA) is 80.7 Å². The number of hydrogen-bond acceptors (Lipinski definition) is 5. The van der Waals surface area contributed by atoms with E-state index in [0.29, 0.717) is 16.5 Å². The van der Waals surface area contributed by atoms with Crippen molar-refractivity contribution in [2.45, 2.75) is 46.2 Å². The van der Waals surface area contributed by atoms with Gasteiger partial charge in [0.2, 0.25) is 5.91 Å². The van der Waals surface area contributed by atoms with E-state index in [2.05, 4.69) is 72.1 Å². The number of aryl methyl sites for hydroxylation is 3. The highest BCUT2D eigenvalue weighted by atomic mass is 32.1. The number of para-hydroxylation sites is 1. The second kappa shape index (κ2) is 12.3. The van der Waals surface area contributed by atoms with Gasteiger partial charge >= 0.3 is 0 Å². The molecular weight excluding hydrogens is 546 g/mol. The van der Waals surface area contributed by atoms with Gasteiger partial charge < -0.3 is 29.6 Å². The molecule has 8 nitrogen and oxygen atoms in total. The zero-order valence-corrected chi connectivity index (χ0v) is 25.7. The van der Waals surface area contributed by atoms with Crippen molar-refractivity contribution in [2.75, 3.05) is 31.0 Å². The molecule has 2 aromatic carbocycles. The van der Waals surface area contributed by atoms with Crippen molar-refractivity contribution < 1.29 is 14.3 Å². The Kier molecular flexibility index (Phi) is 8.61. The number of carbonyl (C=O) groups is 1. The van der Waals surface area contributed by atoms with Crippen LogP contribution < -0.4 is 20.3 Å². The lowest BCUT2D eigenvalue weighted by Gasteiger charge is -2.29. The van der Waals surface area contributed by atoms with Gasteiger partial charge in [0, 0.05) is 30.4 Å². The van der Waals surface area contributed by atoms with Crippen LogP contribution in [0.3, 0.4) is 0 Å². The maximum absolute atomic E-state index is 12.4. The number of nitrogens with one attached hydrogen (secondary N) is 2. The van der Waals surface area contributed by atoms with Crippen molar-refractivity contribution in [3.63, 3.8) is 0 Å². The first-order valence-electron chi connectivity index (χ1n) is 14.0. The minimum Gasteiger partial charge on any atom is -0.495 e. The zero-order valence-electron chi connectivity index (χ0n) is 24.9. The number of aromatic nitrogens is 2. The van der Waals surface area contributed by atoms with E-state index in [4.69, 9.17) is 26.7 Å². The summed E-state index contributed by atoms with van der Waals surface area (Å²) in [5.41, 5.74) is 9.43. The van der Waals surface area contributed by atoms with Crippen LogP contribution in [0.25, 0.3) is 5.69 Å². The Morgan fingerprint density at radius 2 is 1.88 bits per heavy atom. The summed E-state index contributed by atoms with van der Waals surface area (Å²) in [6, 6.07) is 20.0. The van der Waals surface area contributed by atoms with Crippen LogP contribution in [0.15, 0.2) is 66.9 Å². The monoisotopic (exact) mass is 583 g/mol. The number of benzene rings is 2. The number of methoxy groups -OCH3 is 2. The van der Waals surface area contributed by atoms with E-state index < -0.39 is 0 Å². The third-order valence-corrected chi connectivity index (χ3v) is 8.14. The van der Waals surface area contributed by atoms with E-state index >= 15 is 0 Å². The molecule has 1 fully saturated rings. The van der Waals surface area contributed by atoms with Gasteiger partial charge in [0.1, 0.15) is 12.4 Å². The van der Waals surface area contributed by atoms with Crippen LogP contribution in [0, 0.1) is 20.8 Å². The average molecular weight is 584 g/mol. The molecule has 1 amide bonds. The van der Waals surface area contributed by atoms with Crippen molar-refractivity contribution in [1.29, 1.82) is 0 Å². The van der Waals surface area contributed by atoms with Crippen LogP contribution in [0.4, 0.5) is 11.4 Å². The summed E-state index contributed by atoms with van der Waals surface area (Å²) in [6.45, 7) is 8.62. The standard InChI is InChI=1S/C33H37N5O3S/c1-7-23-12-10-11-20(2)31(23)37-21(3)17-25(22(37)4)32-30(26-13-8-9-16-34-26)36-33(42)38(32)24-14-15-28(41-6)27(18-24)35-29(39)19-40-5/h8-18,30,32H,7,19H2,1-6H3,(H,35,39)(H,36,42)/t30-,32-/m1/s1. The van der Waals surface area contributed by atoms with Crippen LogP contribution in [0.5, 0.6) is 5.75 Å². The molecule has 42 heavy (non-hydrogen) atoms. The van der Waals surface area contributed by atoms with Gasteiger partial charge in [-0.25, -0.2) is 0 Å². The van der Waals surface area contributed by atoms with Gasteiger partial charge in [-0.1, -0.05) is 31.2 Å². The van der Waals surface area contributed by atoms with E-state index in [1.165, 1.54) is 23.9 Å². The molecule has 0 spiro atoms. The highest BCUT2D eigenvalue weighted by Crippen LogP contribution is 2.45. The molecule has 5 rings (SSSR count). The van der Waals surface area contributed by atoms with E-state index in [1.54, 1.807) is 13.3 Å². The summed E-state index contributed by atoms with van der Waals surface area (Å²) >= 11 is 5.99. The molecule has 0 unspecified atom stereocenters. The molecule has 3 heterocycles. The van der Waals surface area contributed by atoms with E-state index in [1.807, 2.05) is 36.4 Å². The van der Waals surface area contributed by atoms with Crippen LogP contribution in [-0.2, 0) is 16.0 Å². The summed E-state index contributed by atoms with van der Waals surface area (Å²) in [4.78, 5) is 19.3. The molecule has 9 heteroatoms. The molecule has 1 aliphatic rings. The number of rotatable bonds is 9. The fraction of sp³-hybridized carbons (Fsp3) is 0.303. The van der Waals surface area contributed by atoms with E-state index in [0.717, 1.165) is 34.8 Å². The van der Waals surface area contributed by atoms with Gasteiger partial charge in [-0.2, -0.15) is 0 Å². The zero-order chi connectivity index (χ0) is 30.0. The lowest BCUT2D eigenvalue weighted by Crippen LogP contribution is -2.29. The molecule has 1 aliphatic heterocycles. The van der Waals surface area contributed by atoms with E-state index in [-0.39, 0.29) is 24.6 Å². The number of amides is 1. The first-order chi connectivity index (χ1) is 20.3. The summed E-state index contributed by atoms with van der Waals surface area (Å²) < 4.78 is 12.9. The largest absolute Gasteiger partial charge is 0.495 e. The minimum atomic E-state index is -0.272. The van der Waals surface area contributed by atoms with Gasteiger partial charge in [0.15, 0.2) is 5.11 Å². The fourth-order valence-electron chi connectivity index (χ4n) is 5.97. The molecule has 0 radical (unpaired) electrons. The van der Waals surface area contributed by atoms with Crippen molar-refractivity contribution >= 4 is 34.6 Å². The van der Waals surface area contributed by atoms with Crippen molar-refractivity contribution in [3.8, 4) is 11.4 Å². The highest BCUT2D eigenvalue weighted by Gasteiger charge is 2.42. The number of ether oxygens (including phenoxy) is 2. The second-order valence-corrected chi connectivity index (χ2v) is 10.8. The Bertz CT molecular complexity index is 1620. The lowest BCUT2D eigenvalue weighted by molar-refractivity contribution is -0.119. The van der Waals surface area contributed by atoms with Gasteiger partial charge in [0.25, 0.3) is 0 Å². The molecule has 2 N–H and O–H groups in total. The van der Waals surface area contributed by atoms with Gasteiger partial charge in [-0.3, -0.25) is 9.78 Å². The molecule has 0 bridgehead atoms. The maximum atomic E-state index is 12.4. The van der Waals surface area contributed by atoms with Crippen molar-refractivity contribution in [1.82, 2.24) is 14.9 Å². The molecule has 0 saturated carbocycles. The summed E-state index contributed by atoms with van der Waals surface area (Å²) in [5, 5.41) is 7.03. The molecule has 218 valence electrons. The first kappa shape index (κ1) is 29.3. The number of nitrogens with zero attached hydrogens (tertiary/aromatic N) is 3. The minimum absolute atomic E-state index is 0.0634. The molecule has 2 aromatic heterocycles. The highest BCUT2D eigenvalue weighted by molar-refractivity contribution is 7.80. The SMILES string of the molecule is CCc1cccc(C)c1-n1c(C)cc([C@@H]2[C@@H](c3ccccn3)NC(=S)N2c2ccc(OC)c(NC(=O)COC)c2)c1C. The first-order valence-corrected chi connectivity index (χ1v) is 14.4. The normalized spacial score (nSPS) is 16.4. The number of carbonyl (C=O) groups excluding carboxylic acids is 1. The third kappa shape index (κ3) is 5.37. The quantitative estimate of drug-likeness (QED) is 0.230. The lowest BCUT2D eigenvalue weighted by atomic mass is 9.96. The van der Waals surface area contributed by atoms with Crippen molar-refractivity contribution in [3.05, 3.63) is 101 Å². The Morgan fingerprint density at radius 1 is 1.07 bits per heavy atom. The molecular formula is C33H37N5O3S. The van der Waals surface area contributed by atoms with Crippen LogP contribution in [0.2, 0.25) is 0 Å². The van der Waals surface area contributed by atoms with Gasteiger partial charge in [-0.15, -0.1) is 0 Å². The average Bonchev–Trinajstić information content (AvgIpc) is 3.48. The van der Waals surface area contributed by atoms with Crippen molar-refractivity contribution in [2.24, 2.45) is 0 Å². The molecule has 4 aromatic rings. The number of anilines is 2. The summed E-state index contributed by atoms with van der Waals surface area (Å²) in [5.74, 6) is 0.274. The van der Waals surface area contributed by atoms with E-state index in [9.17, 15) is 4.79 Å². The predicted octanol–water partition coefficient (Wildman–Crippen LogP) is 6.13. The van der Waals surface area contributed by atoms with Gasteiger partial charge in [-0.05, 0) is 92.5 Å². The number of pyridine rings is 1. The second-order valence-electron chi connectivity index (χ2n) is 10.5. The van der Waals surface area contributed by atoms with Crippen LogP contribution >= 0.6 is 12.2 Å². The molecule has 0 aliphatic carbocycles. The Balaban J connectivity index is 1.68. The number of hydrogen-bond donors (Lipinski definition) is 2. The number of thiocarbonyl (C=S) groups is 1. The maximum Gasteiger partial charge on any atom is 0.250 e. The Labute approximate surface area is 252 Å². The molecule has 2 atom stereocenters. The Hall–Kier alpha value is -4.21. The summed E-state index contributed by atoms with van der Waals surface area (Å²) in [7, 11) is 3.06.